The molecular formula is C25H23Cl2Zr. The topological polar surface area (TPSA) is 0 Å². The van der Waals surface area contributed by atoms with Gasteiger partial charge in [0.1, 0.15) is 0 Å². The first kappa shape index (κ1) is 20.1. The van der Waals surface area contributed by atoms with Gasteiger partial charge in [0.25, 0.3) is 0 Å². The fourth-order valence-corrected chi connectivity index (χ4v) is 9.39. The summed E-state index contributed by atoms with van der Waals surface area (Å²) in [5.41, 5.74) is 10.5. The van der Waals surface area contributed by atoms with E-state index in [0.717, 1.165) is 0 Å². The Bertz CT molecular complexity index is 1040. The molecule has 0 bridgehead atoms. The van der Waals surface area contributed by atoms with Crippen molar-refractivity contribution in [3.05, 3.63) is 94.5 Å². The zero-order valence-electron chi connectivity index (χ0n) is 16.3. The average Bonchev–Trinajstić information content (AvgIpc) is 3.08. The van der Waals surface area contributed by atoms with Gasteiger partial charge in [-0.3, -0.25) is 0 Å². The van der Waals surface area contributed by atoms with Crippen LogP contribution in [0.5, 0.6) is 0 Å². The summed E-state index contributed by atoms with van der Waals surface area (Å²) in [7, 11) is 13.4. The van der Waals surface area contributed by atoms with Crippen molar-refractivity contribution in [1.29, 1.82) is 0 Å². The van der Waals surface area contributed by atoms with Crippen LogP contribution in [0.2, 0.25) is 0 Å². The Morgan fingerprint density at radius 2 is 1.54 bits per heavy atom. The van der Waals surface area contributed by atoms with Gasteiger partial charge in [-0.15, -0.1) is 0 Å². The number of benzene rings is 3. The van der Waals surface area contributed by atoms with E-state index in [0.29, 0.717) is 5.92 Å². The summed E-state index contributed by atoms with van der Waals surface area (Å²) in [4.78, 5) is 0. The van der Waals surface area contributed by atoms with Gasteiger partial charge in [0.2, 0.25) is 0 Å². The second-order valence-electron chi connectivity index (χ2n) is 7.69. The molecule has 0 saturated carbocycles. The molecule has 0 spiro atoms. The number of hydrogen-bond acceptors (Lipinski definition) is 0. The monoisotopic (exact) mass is 483 g/mol. The predicted molar refractivity (Wildman–Crippen MR) is 119 cm³/mol. The van der Waals surface area contributed by atoms with Gasteiger partial charge in [0.15, 0.2) is 0 Å². The number of hydrogen-bond donors (Lipinski definition) is 0. The van der Waals surface area contributed by atoms with E-state index in [1.54, 1.807) is 0 Å². The van der Waals surface area contributed by atoms with Gasteiger partial charge in [0.05, 0.1) is 0 Å². The molecule has 141 valence electrons. The molecule has 4 rings (SSSR count). The van der Waals surface area contributed by atoms with E-state index in [4.69, 9.17) is 17.0 Å². The zero-order chi connectivity index (χ0) is 19.8. The molecule has 0 amide bonds. The standard InChI is InChI=1S/C25H23.2ClH.Zr/c1-17(2)22-14-13-20-15-21(19-10-5-4-6-11-19)16-24(20)25(22)23-12-8-7-9-18(23)3;;;/h4-17H,1-3H3;2*1H;/q;;;+2/p-2. The van der Waals surface area contributed by atoms with Gasteiger partial charge < -0.3 is 0 Å². The van der Waals surface area contributed by atoms with E-state index in [1.165, 1.54) is 44.5 Å². The van der Waals surface area contributed by atoms with Gasteiger partial charge in [-0.05, 0) is 0 Å². The molecule has 0 fully saturated rings. The summed E-state index contributed by atoms with van der Waals surface area (Å²) in [6.07, 6.45) is 2.36. The van der Waals surface area contributed by atoms with E-state index >= 15 is 0 Å². The number of fused-ring (bicyclic) bond motifs is 1. The maximum atomic E-state index is 6.71. The van der Waals surface area contributed by atoms with Crippen molar-refractivity contribution < 1.29 is 19.4 Å². The van der Waals surface area contributed by atoms with E-state index < -0.39 is 19.4 Å². The van der Waals surface area contributed by atoms with Crippen LogP contribution in [0.3, 0.4) is 0 Å². The van der Waals surface area contributed by atoms with E-state index in [-0.39, 0.29) is 3.63 Å². The van der Waals surface area contributed by atoms with Crippen LogP contribution in [-0.2, 0) is 19.4 Å². The van der Waals surface area contributed by atoms with E-state index in [1.807, 2.05) is 0 Å². The van der Waals surface area contributed by atoms with Crippen molar-refractivity contribution in [3.8, 4) is 11.1 Å². The number of allylic oxidation sites excluding steroid dienone is 1. The quantitative estimate of drug-likeness (QED) is 0.349. The molecule has 0 aromatic heterocycles. The van der Waals surface area contributed by atoms with Crippen LogP contribution in [0.15, 0.2) is 66.7 Å². The number of aryl methyl sites for hydroxylation is 1. The molecule has 1 aliphatic rings. The number of rotatable bonds is 4. The number of halogens is 2. The van der Waals surface area contributed by atoms with Crippen molar-refractivity contribution in [3.63, 3.8) is 0 Å². The molecule has 28 heavy (non-hydrogen) atoms. The van der Waals surface area contributed by atoms with Crippen molar-refractivity contribution >= 4 is 28.7 Å². The molecule has 0 nitrogen and oxygen atoms in total. The van der Waals surface area contributed by atoms with E-state index in [9.17, 15) is 0 Å². The molecule has 0 radical (unpaired) electrons. The van der Waals surface area contributed by atoms with Crippen molar-refractivity contribution in [2.75, 3.05) is 0 Å². The molecule has 0 N–H and O–H groups in total. The second-order valence-corrected chi connectivity index (χ2v) is 16.5. The van der Waals surface area contributed by atoms with Crippen LogP contribution < -0.4 is 0 Å². The first-order chi connectivity index (χ1) is 13.5. The third-order valence-corrected chi connectivity index (χ3v) is 10.8. The van der Waals surface area contributed by atoms with Gasteiger partial charge in [-0.2, -0.15) is 0 Å². The molecule has 0 heterocycles. The Hall–Kier alpha value is -1.14. The van der Waals surface area contributed by atoms with Gasteiger partial charge in [-0.1, -0.05) is 0 Å². The Labute approximate surface area is 183 Å². The fraction of sp³-hybridized carbons (Fsp3) is 0.200. The van der Waals surface area contributed by atoms with Crippen LogP contribution in [0.1, 0.15) is 51.2 Å². The Morgan fingerprint density at radius 1 is 0.857 bits per heavy atom. The molecule has 0 saturated heterocycles. The fourth-order valence-electron chi connectivity index (χ4n) is 4.22. The van der Waals surface area contributed by atoms with Crippen LogP contribution >= 0.6 is 17.0 Å². The molecule has 3 aromatic rings. The third-order valence-electron chi connectivity index (χ3n) is 5.60. The molecule has 3 heteroatoms. The molecule has 0 aliphatic heterocycles. The Kier molecular flexibility index (Phi) is 5.98. The summed E-state index contributed by atoms with van der Waals surface area (Å²) in [5.74, 6) is 0.442. The summed E-state index contributed by atoms with van der Waals surface area (Å²) in [6.45, 7) is 6.72. The van der Waals surface area contributed by atoms with Crippen LogP contribution in [0.25, 0.3) is 22.8 Å². The summed E-state index contributed by atoms with van der Waals surface area (Å²) < 4.78 is 0.173. The SMILES string of the molecule is Cc1ccccc1-c1c(C(C)C)ccc2c1C=C(c1ccccc1)[CH]2[Zr]([Cl])[Cl]. The van der Waals surface area contributed by atoms with Gasteiger partial charge in [0, 0.05) is 0 Å². The Balaban J connectivity index is 2.02. The van der Waals surface area contributed by atoms with Crippen LogP contribution in [0.4, 0.5) is 0 Å². The third kappa shape index (κ3) is 3.58. The van der Waals surface area contributed by atoms with Gasteiger partial charge in [-0.25, -0.2) is 0 Å². The van der Waals surface area contributed by atoms with Crippen molar-refractivity contribution in [2.24, 2.45) is 0 Å². The maximum absolute atomic E-state index is 6.71. The first-order valence-electron chi connectivity index (χ1n) is 9.66. The minimum atomic E-state index is -2.59. The molecule has 1 unspecified atom stereocenters. The second kappa shape index (κ2) is 8.31. The molecule has 1 aliphatic carbocycles. The van der Waals surface area contributed by atoms with Crippen LogP contribution in [0, 0.1) is 6.92 Å². The predicted octanol–water partition coefficient (Wildman–Crippen LogP) is 8.31. The normalized spacial score (nSPS) is 15.5. The minimum absolute atomic E-state index is 0.173. The first-order valence-corrected chi connectivity index (χ1v) is 17.4. The van der Waals surface area contributed by atoms with Gasteiger partial charge >= 0.3 is 184 Å². The molecular weight excluding hydrogens is 462 g/mol. The average molecular weight is 486 g/mol. The van der Waals surface area contributed by atoms with Crippen molar-refractivity contribution in [1.82, 2.24) is 0 Å². The van der Waals surface area contributed by atoms with Crippen molar-refractivity contribution in [2.45, 2.75) is 30.3 Å². The zero-order valence-corrected chi connectivity index (χ0v) is 20.3. The summed E-state index contributed by atoms with van der Waals surface area (Å²) >= 11 is -2.59. The Morgan fingerprint density at radius 3 is 2.18 bits per heavy atom. The van der Waals surface area contributed by atoms with Crippen LogP contribution in [-0.4, -0.2) is 0 Å². The molecule has 3 aromatic carbocycles. The summed E-state index contributed by atoms with van der Waals surface area (Å²) in [5, 5.41) is 0. The molecule has 1 atom stereocenters. The summed E-state index contributed by atoms with van der Waals surface area (Å²) in [6, 6.07) is 23.8. The van der Waals surface area contributed by atoms with E-state index in [2.05, 4.69) is 93.6 Å².